The lowest BCUT2D eigenvalue weighted by Crippen LogP contribution is -2.16. The normalized spacial score (nSPS) is 10.6. The maximum absolute atomic E-state index is 13.1. The van der Waals surface area contributed by atoms with Gasteiger partial charge in [-0.05, 0) is 43.3 Å². The fourth-order valence-corrected chi connectivity index (χ4v) is 2.79. The Morgan fingerprint density at radius 1 is 1.19 bits per heavy atom. The molecule has 0 saturated heterocycles. The Morgan fingerprint density at radius 2 is 1.85 bits per heavy atom. The highest BCUT2D eigenvalue weighted by Gasteiger charge is 2.23. The molecular formula is C19H15ClFN3O3. The Balaban J connectivity index is 1.78. The number of hydrogen-bond acceptors (Lipinski definition) is 5. The van der Waals surface area contributed by atoms with Gasteiger partial charge in [0, 0.05) is 5.56 Å². The molecule has 0 fully saturated rings. The number of nitrogen functional groups attached to an aromatic ring is 1. The number of esters is 1. The van der Waals surface area contributed by atoms with Crippen molar-refractivity contribution in [3.63, 3.8) is 0 Å². The van der Waals surface area contributed by atoms with E-state index in [4.69, 9.17) is 22.1 Å². The zero-order valence-electron chi connectivity index (χ0n) is 14.3. The zero-order valence-corrected chi connectivity index (χ0v) is 15.0. The number of nitrogens with two attached hydrogens (primary N) is 1. The third-order valence-corrected chi connectivity index (χ3v) is 4.21. The standard InChI is InChI=1S/C19H15ClFN3O3/c1-11-17(18(22)24(23-11)13-8-6-12(21)7-9-13)19(26)27-10-16(25)14-4-2-3-5-15(14)20/h2-9H,10,22H2,1H3. The van der Waals surface area contributed by atoms with Gasteiger partial charge in [0.15, 0.2) is 6.61 Å². The van der Waals surface area contributed by atoms with Gasteiger partial charge in [-0.15, -0.1) is 0 Å². The third kappa shape index (κ3) is 3.83. The van der Waals surface area contributed by atoms with Crippen LogP contribution in [0, 0.1) is 12.7 Å². The number of aromatic nitrogens is 2. The molecule has 8 heteroatoms. The second kappa shape index (κ2) is 7.59. The number of benzene rings is 2. The highest BCUT2D eigenvalue weighted by molar-refractivity contribution is 6.34. The number of rotatable bonds is 5. The van der Waals surface area contributed by atoms with Crippen molar-refractivity contribution in [1.82, 2.24) is 9.78 Å². The van der Waals surface area contributed by atoms with Crippen LogP contribution < -0.4 is 5.73 Å². The highest BCUT2D eigenvalue weighted by Crippen LogP contribution is 2.22. The second-order valence-electron chi connectivity index (χ2n) is 5.71. The number of ketones is 1. The van der Waals surface area contributed by atoms with Crippen molar-refractivity contribution >= 4 is 29.2 Å². The molecule has 0 saturated carbocycles. The predicted molar refractivity (Wildman–Crippen MR) is 98.7 cm³/mol. The quantitative estimate of drug-likeness (QED) is 0.534. The maximum atomic E-state index is 13.1. The fraction of sp³-hybridized carbons (Fsp3) is 0.105. The Morgan fingerprint density at radius 3 is 2.52 bits per heavy atom. The Bertz CT molecular complexity index is 1020. The van der Waals surface area contributed by atoms with Gasteiger partial charge in [0.1, 0.15) is 17.2 Å². The van der Waals surface area contributed by atoms with E-state index in [-0.39, 0.29) is 22.0 Å². The van der Waals surface area contributed by atoms with Gasteiger partial charge in [-0.25, -0.2) is 13.9 Å². The molecule has 0 bridgehead atoms. The van der Waals surface area contributed by atoms with Crippen molar-refractivity contribution < 1.29 is 18.7 Å². The van der Waals surface area contributed by atoms with Crippen molar-refractivity contribution in [2.45, 2.75) is 6.92 Å². The molecule has 0 aliphatic carbocycles. The third-order valence-electron chi connectivity index (χ3n) is 3.88. The van der Waals surface area contributed by atoms with E-state index in [0.29, 0.717) is 11.4 Å². The summed E-state index contributed by atoms with van der Waals surface area (Å²) in [4.78, 5) is 24.6. The van der Waals surface area contributed by atoms with E-state index >= 15 is 0 Å². The van der Waals surface area contributed by atoms with Gasteiger partial charge < -0.3 is 10.5 Å². The molecule has 3 rings (SSSR count). The Hall–Kier alpha value is -3.19. The molecule has 1 heterocycles. The van der Waals surface area contributed by atoms with Crippen molar-refractivity contribution in [1.29, 1.82) is 0 Å². The van der Waals surface area contributed by atoms with Crippen LogP contribution in [0.25, 0.3) is 5.69 Å². The van der Waals surface area contributed by atoms with Crippen LogP contribution in [0.1, 0.15) is 26.4 Å². The van der Waals surface area contributed by atoms with E-state index in [9.17, 15) is 14.0 Å². The summed E-state index contributed by atoms with van der Waals surface area (Å²) < 4.78 is 19.5. The minimum absolute atomic E-state index is 0.0364. The first-order chi connectivity index (χ1) is 12.9. The van der Waals surface area contributed by atoms with Crippen molar-refractivity contribution in [3.05, 3.63) is 76.2 Å². The summed E-state index contributed by atoms with van der Waals surface area (Å²) >= 11 is 5.96. The number of carbonyl (C=O) groups is 2. The van der Waals surface area contributed by atoms with Gasteiger partial charge in [-0.2, -0.15) is 5.10 Å². The SMILES string of the molecule is Cc1nn(-c2ccc(F)cc2)c(N)c1C(=O)OCC(=O)c1ccccc1Cl. The molecule has 0 atom stereocenters. The lowest BCUT2D eigenvalue weighted by atomic mass is 10.1. The van der Waals surface area contributed by atoms with Crippen LogP contribution in [0.4, 0.5) is 10.2 Å². The van der Waals surface area contributed by atoms with E-state index in [0.717, 1.165) is 0 Å². The summed E-state index contributed by atoms with van der Waals surface area (Å²) in [6, 6.07) is 11.9. The summed E-state index contributed by atoms with van der Waals surface area (Å²) in [5, 5.41) is 4.47. The molecule has 0 amide bonds. The first kappa shape index (κ1) is 18.6. The molecule has 3 aromatic rings. The molecule has 0 unspecified atom stereocenters. The molecule has 138 valence electrons. The first-order valence-corrected chi connectivity index (χ1v) is 8.32. The minimum Gasteiger partial charge on any atom is -0.454 e. The zero-order chi connectivity index (χ0) is 19.6. The van der Waals surface area contributed by atoms with E-state index in [2.05, 4.69) is 5.10 Å². The molecule has 6 nitrogen and oxygen atoms in total. The number of aryl methyl sites for hydroxylation is 1. The van der Waals surface area contributed by atoms with Crippen molar-refractivity contribution in [3.8, 4) is 5.69 Å². The highest BCUT2D eigenvalue weighted by atomic mass is 35.5. The van der Waals surface area contributed by atoms with Crippen LogP contribution in [0.15, 0.2) is 48.5 Å². The van der Waals surface area contributed by atoms with Crippen LogP contribution in [0.5, 0.6) is 0 Å². The Kier molecular flexibility index (Phi) is 5.23. The van der Waals surface area contributed by atoms with Gasteiger partial charge in [-0.3, -0.25) is 4.79 Å². The van der Waals surface area contributed by atoms with Crippen LogP contribution >= 0.6 is 11.6 Å². The first-order valence-electron chi connectivity index (χ1n) is 7.94. The number of anilines is 1. The largest absolute Gasteiger partial charge is 0.454 e. The number of Topliss-reactive ketones (excluding diaryl/α,β-unsaturated/α-hetero) is 1. The molecular weight excluding hydrogens is 373 g/mol. The Labute approximate surface area is 159 Å². The topological polar surface area (TPSA) is 87.2 Å². The molecule has 2 aromatic carbocycles. The van der Waals surface area contributed by atoms with E-state index in [1.807, 2.05) is 0 Å². The summed E-state index contributed by atoms with van der Waals surface area (Å²) in [5.74, 6) is -1.58. The predicted octanol–water partition coefficient (Wildman–Crippen LogP) is 3.60. The molecule has 0 aliphatic heterocycles. The molecule has 0 aliphatic rings. The van der Waals surface area contributed by atoms with Crippen LogP contribution in [0.3, 0.4) is 0 Å². The number of ether oxygens (including phenoxy) is 1. The molecule has 0 spiro atoms. The lowest BCUT2D eigenvalue weighted by molar-refractivity contribution is 0.0475. The van der Waals surface area contributed by atoms with Gasteiger partial charge in [0.25, 0.3) is 0 Å². The fourth-order valence-electron chi connectivity index (χ4n) is 2.54. The molecule has 1 aromatic heterocycles. The number of hydrogen-bond donors (Lipinski definition) is 1. The average Bonchev–Trinajstić information content (AvgIpc) is 2.95. The van der Waals surface area contributed by atoms with Crippen molar-refractivity contribution in [2.75, 3.05) is 12.3 Å². The molecule has 0 radical (unpaired) electrons. The number of nitrogens with zero attached hydrogens (tertiary/aromatic N) is 2. The number of carbonyl (C=O) groups excluding carboxylic acids is 2. The summed E-state index contributed by atoms with van der Waals surface area (Å²) in [6.45, 7) is 1.10. The monoisotopic (exact) mass is 387 g/mol. The van der Waals surface area contributed by atoms with Crippen LogP contribution in [-0.4, -0.2) is 28.1 Å². The van der Waals surface area contributed by atoms with Gasteiger partial charge >= 0.3 is 5.97 Å². The van der Waals surface area contributed by atoms with Gasteiger partial charge in [-0.1, -0.05) is 23.7 Å². The van der Waals surface area contributed by atoms with E-state index in [1.165, 1.54) is 28.9 Å². The lowest BCUT2D eigenvalue weighted by Gasteiger charge is -2.07. The van der Waals surface area contributed by atoms with Gasteiger partial charge in [0.2, 0.25) is 5.78 Å². The summed E-state index contributed by atoms with van der Waals surface area (Å²) in [5.41, 5.74) is 7.14. The van der Waals surface area contributed by atoms with Crippen LogP contribution in [0.2, 0.25) is 5.02 Å². The average molecular weight is 388 g/mol. The summed E-state index contributed by atoms with van der Waals surface area (Å²) in [6.07, 6.45) is 0. The second-order valence-corrected chi connectivity index (χ2v) is 6.12. The van der Waals surface area contributed by atoms with Crippen molar-refractivity contribution in [2.24, 2.45) is 0 Å². The molecule has 2 N–H and O–H groups in total. The molecule has 27 heavy (non-hydrogen) atoms. The van der Waals surface area contributed by atoms with Crippen LogP contribution in [-0.2, 0) is 4.74 Å². The number of halogens is 2. The van der Waals surface area contributed by atoms with Gasteiger partial charge in [0.05, 0.1) is 16.4 Å². The van der Waals surface area contributed by atoms with E-state index in [1.54, 1.807) is 31.2 Å². The minimum atomic E-state index is -0.779. The summed E-state index contributed by atoms with van der Waals surface area (Å²) in [7, 11) is 0. The van der Waals surface area contributed by atoms with E-state index < -0.39 is 24.2 Å². The maximum Gasteiger partial charge on any atom is 0.344 e. The smallest absolute Gasteiger partial charge is 0.344 e.